The molecule has 0 aliphatic heterocycles. The molecule has 0 aromatic heterocycles. The van der Waals surface area contributed by atoms with Gasteiger partial charge in [0, 0.05) is 15.6 Å². The fraction of sp³-hybridized carbons (Fsp3) is 0. The van der Waals surface area contributed by atoms with Crippen LogP contribution in [-0.2, 0) is 4.79 Å². The van der Waals surface area contributed by atoms with Crippen LogP contribution in [0, 0.1) is 0 Å². The first-order valence-corrected chi connectivity index (χ1v) is 4.15. The summed E-state index contributed by atoms with van der Waals surface area (Å²) in [7, 11) is 0. The lowest BCUT2D eigenvalue weighted by atomic mass is 10.1. The number of aliphatic carboxylic acids is 1. The molecule has 0 unspecified atom stereocenters. The fourth-order valence-electron chi connectivity index (χ4n) is 0.844. The van der Waals surface area contributed by atoms with Gasteiger partial charge in [0.15, 0.2) is 0 Å². The van der Waals surface area contributed by atoms with E-state index < -0.39 is 5.97 Å². The largest absolute Gasteiger partial charge is 0.478 e. The molecule has 1 aromatic rings. The van der Waals surface area contributed by atoms with E-state index in [2.05, 4.69) is 6.58 Å². The lowest BCUT2D eigenvalue weighted by molar-refractivity contribution is -0.130. The lowest BCUT2D eigenvalue weighted by Gasteiger charge is -2.03. The topological polar surface area (TPSA) is 37.3 Å². The van der Waals surface area contributed by atoms with Crippen molar-refractivity contribution in [3.63, 3.8) is 0 Å². The van der Waals surface area contributed by atoms with Gasteiger partial charge in [0.2, 0.25) is 0 Å². The second kappa shape index (κ2) is 3.81. The number of halogens is 2. The predicted octanol–water partition coefficient (Wildman–Crippen LogP) is 3.09. The van der Waals surface area contributed by atoms with E-state index in [0.29, 0.717) is 15.6 Å². The zero-order chi connectivity index (χ0) is 10.0. The fourth-order valence-corrected chi connectivity index (χ4v) is 1.25. The van der Waals surface area contributed by atoms with Gasteiger partial charge in [-0.25, -0.2) is 4.79 Å². The normalized spacial score (nSPS) is 9.69. The Hall–Kier alpha value is -0.990. The number of hydrogen-bond donors (Lipinski definition) is 1. The molecule has 0 aliphatic carbocycles. The molecule has 1 aromatic carbocycles. The average Bonchev–Trinajstić information content (AvgIpc) is 2.08. The molecule has 0 saturated heterocycles. The molecule has 0 saturated carbocycles. The number of rotatable bonds is 2. The van der Waals surface area contributed by atoms with E-state index in [9.17, 15) is 4.79 Å². The monoisotopic (exact) mass is 216 g/mol. The van der Waals surface area contributed by atoms with Crippen molar-refractivity contribution >= 4 is 34.7 Å². The van der Waals surface area contributed by atoms with Crippen LogP contribution in [0.4, 0.5) is 0 Å². The van der Waals surface area contributed by atoms with E-state index in [-0.39, 0.29) is 5.57 Å². The van der Waals surface area contributed by atoms with Gasteiger partial charge in [-0.05, 0) is 18.2 Å². The summed E-state index contributed by atoms with van der Waals surface area (Å²) < 4.78 is 0. The highest BCUT2D eigenvalue weighted by molar-refractivity contribution is 6.36. The highest BCUT2D eigenvalue weighted by Crippen LogP contribution is 2.26. The molecule has 0 heterocycles. The van der Waals surface area contributed by atoms with Crippen molar-refractivity contribution < 1.29 is 9.90 Å². The lowest BCUT2D eigenvalue weighted by Crippen LogP contribution is -1.98. The van der Waals surface area contributed by atoms with Crippen molar-refractivity contribution in [3.05, 3.63) is 40.4 Å². The molecule has 0 aliphatic rings. The number of benzene rings is 1. The maximum atomic E-state index is 10.6. The van der Waals surface area contributed by atoms with Gasteiger partial charge in [0.1, 0.15) is 0 Å². The zero-order valence-electron chi connectivity index (χ0n) is 6.55. The predicted molar refractivity (Wildman–Crippen MR) is 53.1 cm³/mol. The number of carboxylic acid groups (broad SMARTS) is 1. The Labute approximate surface area is 85.4 Å². The Bertz CT molecular complexity index is 372. The molecule has 1 rings (SSSR count). The van der Waals surface area contributed by atoms with Crippen LogP contribution in [0.1, 0.15) is 5.56 Å². The summed E-state index contributed by atoms with van der Waals surface area (Å²) in [6.45, 7) is 3.38. The molecule has 0 atom stereocenters. The minimum Gasteiger partial charge on any atom is -0.478 e. The number of hydrogen-bond acceptors (Lipinski definition) is 1. The minimum absolute atomic E-state index is 0.0625. The SMILES string of the molecule is C=C(C(=O)O)c1cc(Cl)ccc1Cl. The van der Waals surface area contributed by atoms with Gasteiger partial charge in [-0.2, -0.15) is 0 Å². The summed E-state index contributed by atoms with van der Waals surface area (Å²) in [6, 6.07) is 4.59. The summed E-state index contributed by atoms with van der Waals surface area (Å²) in [5.74, 6) is -1.11. The Kier molecular flexibility index (Phi) is 2.96. The summed E-state index contributed by atoms with van der Waals surface area (Å²) in [4.78, 5) is 10.6. The Balaban J connectivity index is 3.21. The van der Waals surface area contributed by atoms with Crippen LogP contribution in [0.2, 0.25) is 10.0 Å². The average molecular weight is 217 g/mol. The van der Waals surface area contributed by atoms with E-state index in [0.717, 1.165) is 0 Å². The van der Waals surface area contributed by atoms with Gasteiger partial charge in [0.05, 0.1) is 5.57 Å². The smallest absolute Gasteiger partial charge is 0.335 e. The van der Waals surface area contributed by atoms with Crippen molar-refractivity contribution in [2.75, 3.05) is 0 Å². The third-order valence-electron chi connectivity index (χ3n) is 1.51. The Morgan fingerprint density at radius 1 is 1.38 bits per heavy atom. The van der Waals surface area contributed by atoms with Crippen molar-refractivity contribution in [1.82, 2.24) is 0 Å². The van der Waals surface area contributed by atoms with Crippen LogP contribution < -0.4 is 0 Å². The Morgan fingerprint density at radius 3 is 2.54 bits per heavy atom. The van der Waals surface area contributed by atoms with Crippen molar-refractivity contribution in [2.24, 2.45) is 0 Å². The molecule has 4 heteroatoms. The van der Waals surface area contributed by atoms with Crippen LogP contribution in [-0.4, -0.2) is 11.1 Å². The molecule has 0 bridgehead atoms. The van der Waals surface area contributed by atoms with Crippen molar-refractivity contribution in [2.45, 2.75) is 0 Å². The van der Waals surface area contributed by atoms with Gasteiger partial charge < -0.3 is 5.11 Å². The highest BCUT2D eigenvalue weighted by atomic mass is 35.5. The highest BCUT2D eigenvalue weighted by Gasteiger charge is 2.11. The van der Waals surface area contributed by atoms with Crippen molar-refractivity contribution in [3.8, 4) is 0 Å². The van der Waals surface area contributed by atoms with Crippen LogP contribution in [0.3, 0.4) is 0 Å². The summed E-state index contributed by atoms with van der Waals surface area (Å²) in [5.41, 5.74) is 0.286. The molecule has 1 N–H and O–H groups in total. The van der Waals surface area contributed by atoms with Crippen LogP contribution in [0.15, 0.2) is 24.8 Å². The first kappa shape index (κ1) is 10.1. The van der Waals surface area contributed by atoms with E-state index in [1.807, 2.05) is 0 Å². The van der Waals surface area contributed by atoms with Gasteiger partial charge in [-0.3, -0.25) is 0 Å². The van der Waals surface area contributed by atoms with E-state index >= 15 is 0 Å². The van der Waals surface area contributed by atoms with Crippen LogP contribution in [0.5, 0.6) is 0 Å². The second-order valence-electron chi connectivity index (χ2n) is 2.41. The minimum atomic E-state index is -1.11. The number of carbonyl (C=O) groups is 1. The summed E-state index contributed by atoms with van der Waals surface area (Å²) in [6.07, 6.45) is 0. The van der Waals surface area contributed by atoms with Gasteiger partial charge in [-0.15, -0.1) is 0 Å². The van der Waals surface area contributed by atoms with Gasteiger partial charge in [-0.1, -0.05) is 29.8 Å². The van der Waals surface area contributed by atoms with E-state index in [1.54, 1.807) is 6.07 Å². The first-order valence-electron chi connectivity index (χ1n) is 3.40. The van der Waals surface area contributed by atoms with Crippen molar-refractivity contribution in [1.29, 1.82) is 0 Å². The van der Waals surface area contributed by atoms with Crippen LogP contribution >= 0.6 is 23.2 Å². The standard InChI is InChI=1S/C9H6Cl2O2/c1-5(9(12)13)7-4-6(10)2-3-8(7)11/h2-4H,1H2,(H,12,13). The molecule has 13 heavy (non-hydrogen) atoms. The molecular weight excluding hydrogens is 211 g/mol. The molecule has 0 radical (unpaired) electrons. The van der Waals surface area contributed by atoms with E-state index in [1.165, 1.54) is 12.1 Å². The summed E-state index contributed by atoms with van der Waals surface area (Å²) in [5, 5.41) is 9.41. The number of carboxylic acids is 1. The van der Waals surface area contributed by atoms with Crippen LogP contribution in [0.25, 0.3) is 5.57 Å². The quantitative estimate of drug-likeness (QED) is 0.772. The maximum absolute atomic E-state index is 10.6. The molecule has 0 spiro atoms. The summed E-state index contributed by atoms with van der Waals surface area (Å²) >= 11 is 11.4. The first-order chi connectivity index (χ1) is 6.02. The third-order valence-corrected chi connectivity index (χ3v) is 2.08. The Morgan fingerprint density at radius 2 is 2.00 bits per heavy atom. The molecule has 2 nitrogen and oxygen atoms in total. The van der Waals surface area contributed by atoms with E-state index in [4.69, 9.17) is 28.3 Å². The molecular formula is C9H6Cl2O2. The third kappa shape index (κ3) is 2.23. The molecule has 0 amide bonds. The molecule has 0 fully saturated rings. The molecule has 68 valence electrons. The van der Waals surface area contributed by atoms with Gasteiger partial charge >= 0.3 is 5.97 Å². The zero-order valence-corrected chi connectivity index (χ0v) is 8.06. The second-order valence-corrected chi connectivity index (χ2v) is 3.25. The van der Waals surface area contributed by atoms with Gasteiger partial charge in [0.25, 0.3) is 0 Å². The maximum Gasteiger partial charge on any atom is 0.335 e.